The molecule has 3 unspecified atom stereocenters. The first-order valence-electron chi connectivity index (χ1n) is 35.7. The molecule has 0 saturated carbocycles. The average molecular weight is 1390 g/mol. The molecule has 0 bridgehead atoms. The number of benzene rings is 6. The fraction of sp³-hybridized carbons (Fsp3) is 0.346. The van der Waals surface area contributed by atoms with Crippen molar-refractivity contribution in [3.8, 4) is 17.2 Å². The Morgan fingerprint density at radius 2 is 0.735 bits per heavy atom. The van der Waals surface area contributed by atoms with E-state index in [9.17, 15) is 43.2 Å². The van der Waals surface area contributed by atoms with Crippen molar-refractivity contribution in [1.82, 2.24) is 45.3 Å². The number of carbonyl (C=O) groups is 9. The van der Waals surface area contributed by atoms with Crippen molar-refractivity contribution in [3.05, 3.63) is 231 Å². The van der Waals surface area contributed by atoms with E-state index in [4.69, 9.17) is 32.5 Å². The maximum Gasteiger partial charge on any atom is 0.255 e. The third kappa shape index (κ3) is 15.9. The summed E-state index contributed by atoms with van der Waals surface area (Å²) in [5.41, 5.74) is 11.0. The Bertz CT molecular complexity index is 4440. The Morgan fingerprint density at radius 1 is 0.402 bits per heavy atom. The van der Waals surface area contributed by atoms with E-state index >= 15 is 0 Å². The van der Waals surface area contributed by atoms with Crippen LogP contribution in [0.3, 0.4) is 0 Å². The van der Waals surface area contributed by atoms with Gasteiger partial charge in [-0.15, -0.1) is 0 Å². The smallest absolute Gasteiger partial charge is 0.255 e. The number of nitrogens with one attached hydrogen (secondary N) is 3. The van der Waals surface area contributed by atoms with Crippen LogP contribution in [0.4, 0.5) is 0 Å². The van der Waals surface area contributed by atoms with Crippen molar-refractivity contribution in [1.29, 1.82) is 0 Å². The van der Waals surface area contributed by atoms with Crippen molar-refractivity contribution < 1.29 is 75.7 Å². The largest absolute Gasteiger partial charge is 0.489 e. The molecule has 0 aliphatic carbocycles. The molecule has 0 spiro atoms. The van der Waals surface area contributed by atoms with E-state index in [0.717, 1.165) is 33.4 Å². The minimum atomic E-state index is -0.585. The lowest BCUT2D eigenvalue weighted by Crippen LogP contribution is -2.49. The highest BCUT2D eigenvalue weighted by atomic mass is 16.5. The maximum atomic E-state index is 13.1. The number of morpholine rings is 3. The monoisotopic (exact) mass is 1390 g/mol. The number of carbonyl (C=O) groups excluding carboxylic acids is 9. The molecule has 15 rings (SSSR count). The fourth-order valence-electron chi connectivity index (χ4n) is 13.6. The maximum absolute atomic E-state index is 13.1. The molecule has 9 amide bonds. The summed E-state index contributed by atoms with van der Waals surface area (Å²) >= 11 is 0. The number of amides is 9. The number of fused-ring (bicyclic) bond motifs is 3. The van der Waals surface area contributed by atoms with Gasteiger partial charge in [0.05, 0.1) is 43.6 Å². The molecule has 9 aliphatic heterocycles. The molecule has 102 heavy (non-hydrogen) atoms. The Kier molecular flexibility index (Phi) is 20.1. The second-order valence-electron chi connectivity index (χ2n) is 26.3. The lowest BCUT2D eigenvalue weighted by molar-refractivity contribution is -0.144. The second-order valence-corrected chi connectivity index (χ2v) is 26.3. The van der Waals surface area contributed by atoms with Gasteiger partial charge < -0.3 is 73.8 Å². The number of rotatable bonds is 18. The topological polar surface area (TPSA) is 265 Å². The van der Waals surface area contributed by atoms with Crippen molar-refractivity contribution >= 4 is 53.2 Å². The molecular formula is C78H81N9O15. The van der Waals surface area contributed by atoms with Crippen molar-refractivity contribution in [2.24, 2.45) is 0 Å². The van der Waals surface area contributed by atoms with Gasteiger partial charge in [0.2, 0.25) is 35.4 Å². The van der Waals surface area contributed by atoms with E-state index in [1.165, 1.54) is 11.0 Å². The van der Waals surface area contributed by atoms with Crippen LogP contribution in [0, 0.1) is 0 Å². The van der Waals surface area contributed by atoms with Gasteiger partial charge in [0, 0.05) is 89.7 Å². The molecule has 6 fully saturated rings. The highest BCUT2D eigenvalue weighted by molar-refractivity contribution is 6.04. The zero-order valence-electron chi connectivity index (χ0n) is 59.5. The molecule has 0 radical (unpaired) electrons. The highest BCUT2D eigenvalue weighted by Crippen LogP contribution is 2.38. The molecule has 528 valence electrons. The molecule has 9 aliphatic rings. The van der Waals surface area contributed by atoms with E-state index in [1.54, 1.807) is 54.8 Å². The van der Waals surface area contributed by atoms with Crippen LogP contribution in [0.1, 0.15) is 124 Å². The molecule has 0 aromatic heterocycles. The van der Waals surface area contributed by atoms with Gasteiger partial charge in [0.15, 0.2) is 0 Å². The molecule has 3 N–H and O–H groups in total. The van der Waals surface area contributed by atoms with Crippen LogP contribution in [0.5, 0.6) is 17.2 Å². The minimum absolute atomic E-state index is 0.00501. The van der Waals surface area contributed by atoms with E-state index in [0.29, 0.717) is 172 Å². The van der Waals surface area contributed by atoms with Crippen LogP contribution in [-0.2, 0) is 102 Å². The number of piperidine rings is 3. The van der Waals surface area contributed by atoms with E-state index in [2.05, 4.69) is 35.7 Å². The van der Waals surface area contributed by atoms with Crippen molar-refractivity contribution in [3.63, 3.8) is 0 Å². The van der Waals surface area contributed by atoms with Gasteiger partial charge in [-0.3, -0.25) is 43.2 Å². The molecule has 6 aromatic carbocycles. The molecule has 24 heteroatoms. The van der Waals surface area contributed by atoms with E-state index in [1.807, 2.05) is 72.8 Å². The van der Waals surface area contributed by atoms with Crippen molar-refractivity contribution in [2.75, 3.05) is 59.3 Å². The predicted octanol–water partition coefficient (Wildman–Crippen LogP) is 7.12. The number of nitrogens with zero attached hydrogens (tertiary/aromatic N) is 6. The Hall–Kier alpha value is -11.0. The number of hydrogen-bond acceptors (Lipinski definition) is 15. The summed E-state index contributed by atoms with van der Waals surface area (Å²) < 4.78 is 58.4. The molecule has 6 saturated heterocycles. The first-order chi connectivity index (χ1) is 50.7. The first kappa shape index (κ1) is 65.6. The number of hydrogen-bond donors (Lipinski definition) is 3. The molecule has 9 heterocycles. The standard InChI is InChI=1S/3C26H27N3O5/c3*1-17-5-10-22(25(31)27-17)29-14-21-20(26(29)32)3-2-4-23(21)34-15-19-8-6-18(7-9-19)13-28-11-12-33-16-24(28)30/h3*2-4,6-9,22H,1,5,10-16H2,(H,27,31)/i4D;3D;2D. The summed E-state index contributed by atoms with van der Waals surface area (Å²) in [5.74, 6) is -0.131. The van der Waals surface area contributed by atoms with Gasteiger partial charge in [0.25, 0.3) is 17.7 Å². The van der Waals surface area contributed by atoms with Crippen LogP contribution < -0.4 is 30.2 Å². The second kappa shape index (κ2) is 31.3. The van der Waals surface area contributed by atoms with Gasteiger partial charge in [-0.2, -0.15) is 0 Å². The molecule has 3 atom stereocenters. The predicted molar refractivity (Wildman–Crippen MR) is 371 cm³/mol. The van der Waals surface area contributed by atoms with E-state index in [-0.39, 0.29) is 124 Å². The quantitative estimate of drug-likeness (QED) is 0.0774. The van der Waals surface area contributed by atoms with Crippen LogP contribution in [0.25, 0.3) is 0 Å². The summed E-state index contributed by atoms with van der Waals surface area (Å²) in [5, 5.41) is 8.20. The van der Waals surface area contributed by atoms with Crippen LogP contribution in [0.15, 0.2) is 164 Å². The third-order valence-electron chi connectivity index (χ3n) is 19.3. The lowest BCUT2D eigenvalue weighted by atomic mass is 10.0. The number of ether oxygens (including phenoxy) is 6. The normalized spacial score (nSPS) is 20.8. The van der Waals surface area contributed by atoms with Crippen LogP contribution >= 0.6 is 0 Å². The summed E-state index contributed by atoms with van der Waals surface area (Å²) in [6, 6.07) is 31.9. The zero-order chi connectivity index (χ0) is 73.6. The Balaban J connectivity index is 0.000000140. The first-order valence-corrected chi connectivity index (χ1v) is 34.2. The average Bonchev–Trinajstić information content (AvgIpc) is 1.63. The summed E-state index contributed by atoms with van der Waals surface area (Å²) in [7, 11) is 0. The van der Waals surface area contributed by atoms with Gasteiger partial charge >= 0.3 is 0 Å². The Labute approximate surface area is 594 Å². The van der Waals surface area contributed by atoms with Gasteiger partial charge in [-0.1, -0.05) is 111 Å². The summed E-state index contributed by atoms with van der Waals surface area (Å²) in [6.45, 7) is 18.3. The van der Waals surface area contributed by atoms with Crippen molar-refractivity contribution in [2.45, 2.75) is 116 Å². The van der Waals surface area contributed by atoms with Gasteiger partial charge in [0.1, 0.15) is 75.0 Å². The van der Waals surface area contributed by atoms with Crippen LogP contribution in [0.2, 0.25) is 0 Å². The third-order valence-corrected chi connectivity index (χ3v) is 19.3. The summed E-state index contributed by atoms with van der Waals surface area (Å²) in [4.78, 5) is 122. The summed E-state index contributed by atoms with van der Waals surface area (Å²) in [6.07, 6.45) is 3.42. The van der Waals surface area contributed by atoms with E-state index < -0.39 is 18.1 Å². The Morgan fingerprint density at radius 3 is 1.13 bits per heavy atom. The fourth-order valence-corrected chi connectivity index (χ4v) is 13.6. The van der Waals surface area contributed by atoms with Crippen LogP contribution in [-0.4, -0.2) is 160 Å². The molecule has 24 nitrogen and oxygen atoms in total. The molecular weight excluding hydrogens is 1300 g/mol. The highest BCUT2D eigenvalue weighted by Gasteiger charge is 2.43. The minimum Gasteiger partial charge on any atom is -0.489 e. The van der Waals surface area contributed by atoms with Gasteiger partial charge in [-0.25, -0.2) is 0 Å². The lowest BCUT2D eigenvalue weighted by Gasteiger charge is -2.31. The molecule has 6 aromatic rings. The number of allylic oxidation sites excluding steroid dienone is 3. The van der Waals surface area contributed by atoms with Gasteiger partial charge in [-0.05, 0) is 108 Å². The zero-order valence-corrected chi connectivity index (χ0v) is 56.5. The SMILES string of the molecule is [2H]c1cc(OCc2ccc(CN3CCOCC3=O)cc2)c2c(c1)C(=O)N(C1CCC(=C)NC1=O)C2.[2H]c1ccc(OCc2ccc(CN3CCOCC3=O)cc2)c2c1C(=O)N(C1CCC(=C)NC1=O)C2.[2H]c1ccc2c(c1OCc1ccc(CN3CCOCC3=O)cc1)CN(C1CCC(=C)NC1=O)C2=O.